The number of nitrogens with zero attached hydrogens (tertiary/aromatic N) is 8. The van der Waals surface area contributed by atoms with Gasteiger partial charge in [0.1, 0.15) is 24.2 Å². The average Bonchev–Trinajstić information content (AvgIpc) is 0.958. The van der Waals surface area contributed by atoms with E-state index in [-0.39, 0.29) is 106 Å². The van der Waals surface area contributed by atoms with E-state index in [9.17, 15) is 53.5 Å². The molecule has 0 saturated carbocycles. The third-order valence-corrected chi connectivity index (χ3v) is 21.4. The molecule has 2 aliphatic heterocycles. The van der Waals surface area contributed by atoms with E-state index in [2.05, 4.69) is 65.4 Å². The lowest BCUT2D eigenvalue weighted by Crippen LogP contribution is -2.59. The van der Waals surface area contributed by atoms with E-state index in [0.717, 1.165) is 21.2 Å². The molecule has 1 saturated heterocycles. The molecule has 1 aromatic heterocycles. The third-order valence-electron chi connectivity index (χ3n) is 19.4. The number of benzene rings is 2. The van der Waals surface area contributed by atoms with Crippen molar-refractivity contribution in [3.63, 3.8) is 0 Å². The fourth-order valence-corrected chi connectivity index (χ4v) is 15.2. The van der Waals surface area contributed by atoms with Crippen molar-refractivity contribution in [2.45, 2.75) is 189 Å². The van der Waals surface area contributed by atoms with Crippen molar-refractivity contribution >= 4 is 99.3 Å². The van der Waals surface area contributed by atoms with Crippen molar-refractivity contribution in [3.05, 3.63) is 124 Å². The van der Waals surface area contributed by atoms with Crippen LogP contribution in [0.4, 0.5) is 5.69 Å². The van der Waals surface area contributed by atoms with Gasteiger partial charge in [0.15, 0.2) is 0 Å². The van der Waals surface area contributed by atoms with Crippen LogP contribution in [-0.4, -0.2) is 226 Å². The van der Waals surface area contributed by atoms with Crippen LogP contribution in [0.2, 0.25) is 0 Å². The normalized spacial score (nSPS) is 16.3. The first-order valence-electron chi connectivity index (χ1n) is 37.4. The highest BCUT2D eigenvalue weighted by Crippen LogP contribution is 2.34. The van der Waals surface area contributed by atoms with E-state index in [1.165, 1.54) is 28.1 Å². The molecule has 0 radical (unpaired) electrons. The molecule has 9 N–H and O–H groups in total. The van der Waals surface area contributed by atoms with Gasteiger partial charge in [-0.05, 0) is 125 Å². The molecule has 12 atom stereocenters. The number of fused-ring (bicyclic) bond motifs is 4. The Morgan fingerprint density at radius 2 is 1.32 bits per heavy atom. The Morgan fingerprint density at radius 3 is 1.92 bits per heavy atom. The topological polar surface area (TPSA) is 402 Å². The van der Waals surface area contributed by atoms with E-state index in [0.29, 0.717) is 59.5 Å². The summed E-state index contributed by atoms with van der Waals surface area (Å²) in [5.74, 6) is -5.14. The first-order chi connectivity index (χ1) is 52.5. The van der Waals surface area contributed by atoms with Crippen molar-refractivity contribution in [1.29, 1.82) is 0 Å². The summed E-state index contributed by atoms with van der Waals surface area (Å²) in [4.78, 5) is 155. The minimum absolute atomic E-state index is 0.0105. The molecular formula is C78H112N16O14S2. The average molecular weight is 1560 g/mol. The SMILES string of the molecule is CC[C@H](C)[C@@H]([C@@H](CC(=O)N1CCC[C@H]1[C@H](OC)[C@@H](C)C(=O)N[C@H](CN=[N+]=[N-])Cc1ccc(NC(=O)[C@H](CC(N)=O)NC(=O)[C@H](C)NC(=O)[C@H](C)NC(=O)CCOCCOCCNC(=O)c2ccc3nc4c(nc3c2)CSc2cccccccc(c2)SC4)cc1)OC)N(C)C(=O)[C@@H](NC(=O)[C@H](C(C)C)N(C)C)C(C)C. The predicted octanol–water partition coefficient (Wildman–Crippen LogP) is 6.80. The van der Waals surface area contributed by atoms with Gasteiger partial charge >= 0.3 is 0 Å². The fraction of sp³-hybridized carbons (Fsp3) is 0.564. The summed E-state index contributed by atoms with van der Waals surface area (Å²) in [6.45, 7) is 17.2. The maximum Gasteiger partial charge on any atom is 0.251 e. The summed E-state index contributed by atoms with van der Waals surface area (Å²) < 4.78 is 23.3. The number of nitrogens with two attached hydrogens (primary N) is 1. The number of nitrogens with one attached hydrogen (secondary N) is 7. The van der Waals surface area contributed by atoms with Gasteiger partial charge < -0.3 is 71.7 Å². The maximum atomic E-state index is 14.6. The number of azide groups is 1. The highest BCUT2D eigenvalue weighted by atomic mass is 32.2. The van der Waals surface area contributed by atoms with Crippen LogP contribution in [0.5, 0.6) is 0 Å². The monoisotopic (exact) mass is 1560 g/mol. The molecule has 30 nitrogen and oxygen atoms in total. The molecule has 1 fully saturated rings. The van der Waals surface area contributed by atoms with Gasteiger partial charge in [0.2, 0.25) is 53.2 Å². The second-order valence-electron chi connectivity index (χ2n) is 28.6. The lowest BCUT2D eigenvalue weighted by atomic mass is 9.89. The largest absolute Gasteiger partial charge is 0.379 e. The number of rotatable bonds is 41. The van der Waals surface area contributed by atoms with Crippen molar-refractivity contribution in [1.82, 2.24) is 56.6 Å². The van der Waals surface area contributed by atoms with Gasteiger partial charge in [0.25, 0.3) is 5.91 Å². The molecule has 3 heterocycles. The van der Waals surface area contributed by atoms with Gasteiger partial charge in [0, 0.05) is 90.8 Å². The fourth-order valence-electron chi connectivity index (χ4n) is 13.3. The van der Waals surface area contributed by atoms with Crippen LogP contribution >= 0.6 is 23.5 Å². The van der Waals surface area contributed by atoms with Gasteiger partial charge in [-0.1, -0.05) is 102 Å². The Morgan fingerprint density at radius 1 is 0.691 bits per heavy atom. The van der Waals surface area contributed by atoms with Gasteiger partial charge in [-0.2, -0.15) is 0 Å². The summed E-state index contributed by atoms with van der Waals surface area (Å²) in [5, 5.41) is 22.8. The van der Waals surface area contributed by atoms with Gasteiger partial charge in [-0.25, -0.2) is 9.97 Å². The number of amides is 10. The number of aromatic nitrogens is 2. The molecule has 0 spiro atoms. The molecule has 600 valence electrons. The standard InChI is InChI=1S/C78H112N16O14S2/c1-15-48(6)70(93(12)78(104)68(46(2)3)90-77(103)69(47(4)5)92(10)11)64(105-13)42-67(97)94-33-21-24-63(94)71(106-14)49(7)72(98)86-55(43-82-91-80)38-52-25-28-54(29-26-52)85-76(102)60(41-65(79)95)89-74(100)51(9)84-73(99)50(8)83-66(96)31-34-107-36-37-108-35-32-81-75(101)53-27-30-58-59(39-53)88-62-45-110-57-23-20-18-16-17-19-22-56(40-57)109-44-61(62)87-58/h16-20,22-23,25-30,39-40,46-51,55,60,63-64,68-71H,15,21,24,31-38,41-45H2,1-14H3,(H2,79,95)(H,81,101)(H,83,96)(H,84,99)(H,85,102)(H,86,98)(H,89,100)(H,90,103)/t48-,49+,50-,51-,55-,60-,63-,64+,68-,69-,70-,71+/m0/s1. The molecule has 32 heteroatoms. The summed E-state index contributed by atoms with van der Waals surface area (Å²) in [7, 11) is 8.34. The smallest absolute Gasteiger partial charge is 0.251 e. The first kappa shape index (κ1) is 89.9. The molecule has 2 aliphatic rings. The van der Waals surface area contributed by atoms with Crippen LogP contribution in [-0.2, 0) is 80.0 Å². The van der Waals surface area contributed by atoms with E-state index < -0.39 is 108 Å². The summed E-state index contributed by atoms with van der Waals surface area (Å²) >= 11 is 3.38. The molecule has 6 rings (SSSR count). The Labute approximate surface area is 653 Å². The second-order valence-corrected chi connectivity index (χ2v) is 30.7. The zero-order valence-electron chi connectivity index (χ0n) is 65.7. The van der Waals surface area contributed by atoms with Crippen molar-refractivity contribution in [3.8, 4) is 0 Å². The highest BCUT2D eigenvalue weighted by Gasteiger charge is 2.44. The number of primary amides is 1. The summed E-state index contributed by atoms with van der Waals surface area (Å²) in [6, 6.07) is 21.2. The number of thioether (sulfide) groups is 2. The molecule has 110 heavy (non-hydrogen) atoms. The van der Waals surface area contributed by atoms with Crippen molar-refractivity contribution < 1.29 is 66.9 Å². The number of hydrogen-bond donors (Lipinski definition) is 8. The quantitative estimate of drug-likeness (QED) is 0.00980. The molecule has 10 amide bonds. The number of likely N-dealkylation sites (N-methyl/N-ethyl adjacent to an activating group) is 2. The van der Waals surface area contributed by atoms with E-state index in [1.807, 2.05) is 90.9 Å². The number of ether oxygens (including phenoxy) is 4. The zero-order chi connectivity index (χ0) is 80.7. The van der Waals surface area contributed by atoms with Crippen LogP contribution < -0.4 is 43.0 Å². The Balaban J connectivity index is 0.917. The Hall–Kier alpha value is -9.01. The lowest BCUT2D eigenvalue weighted by molar-refractivity contribution is -0.148. The number of carbonyl (C=O) groups excluding carboxylic acids is 10. The maximum absolute atomic E-state index is 14.6. The molecule has 2 bridgehead atoms. The molecule has 0 aliphatic carbocycles. The zero-order valence-corrected chi connectivity index (χ0v) is 67.4. The number of methoxy groups -OCH3 is 2. The number of likely N-dealkylation sites (tertiary alicyclic amines) is 1. The third kappa shape index (κ3) is 27.5. The second kappa shape index (κ2) is 45.3. The van der Waals surface area contributed by atoms with Crippen molar-refractivity contribution in [2.24, 2.45) is 34.5 Å². The molecule has 0 unspecified atom stereocenters. The van der Waals surface area contributed by atoms with Crippen LogP contribution in [0.25, 0.3) is 21.5 Å². The minimum atomic E-state index is -1.47. The van der Waals surface area contributed by atoms with E-state index in [1.54, 1.807) is 89.8 Å². The number of anilines is 1. The first-order valence-corrected chi connectivity index (χ1v) is 39.4. The van der Waals surface area contributed by atoms with Gasteiger partial charge in [0.05, 0.1) is 97.9 Å². The number of hydrogen-bond acceptors (Lipinski definition) is 20. The lowest BCUT2D eigenvalue weighted by Gasteiger charge is -2.41. The molecule has 4 aromatic rings. The van der Waals surface area contributed by atoms with E-state index in [4.69, 9.17) is 34.6 Å². The predicted molar refractivity (Wildman–Crippen MR) is 422 cm³/mol. The van der Waals surface area contributed by atoms with Gasteiger partial charge in [-0.3, -0.25) is 52.8 Å². The number of carbonyl (C=O) groups is 10. The Kier molecular flexibility index (Phi) is 37.1. The van der Waals surface area contributed by atoms with E-state index >= 15 is 0 Å². The summed E-state index contributed by atoms with van der Waals surface area (Å²) in [6.07, 6.45) is -0.231. The van der Waals surface area contributed by atoms with Crippen LogP contribution in [0.15, 0.2) is 106 Å². The van der Waals surface area contributed by atoms with Crippen LogP contribution in [0.3, 0.4) is 0 Å². The minimum Gasteiger partial charge on any atom is -0.379 e. The van der Waals surface area contributed by atoms with Crippen LogP contribution in [0, 0.1) is 23.7 Å². The van der Waals surface area contributed by atoms with Gasteiger partial charge in [-0.15, -0.1) is 23.5 Å². The Bertz CT molecular complexity index is 3900. The summed E-state index contributed by atoms with van der Waals surface area (Å²) in [5.41, 5.74) is 19.3. The highest BCUT2D eigenvalue weighted by molar-refractivity contribution is 7.99. The molecule has 3 aromatic carbocycles. The molecular weight excluding hydrogens is 1450 g/mol. The van der Waals surface area contributed by atoms with Crippen molar-refractivity contribution in [2.75, 3.05) is 86.7 Å². The van der Waals surface area contributed by atoms with Crippen LogP contribution in [0.1, 0.15) is 128 Å².